The van der Waals surface area contributed by atoms with Crippen LogP contribution in [0.25, 0.3) is 5.69 Å². The van der Waals surface area contributed by atoms with Gasteiger partial charge in [0.1, 0.15) is 10.8 Å². The largest absolute Gasteiger partial charge is 0.433 e. The molecular formula is C17H11Cl2F2N3O4S. The lowest BCUT2D eigenvalue weighted by Gasteiger charge is -2.13. The van der Waals surface area contributed by atoms with Crippen LogP contribution in [0.15, 0.2) is 64.4 Å². The van der Waals surface area contributed by atoms with E-state index in [1.54, 1.807) is 0 Å². The molecule has 3 rings (SSSR count). The van der Waals surface area contributed by atoms with Crippen molar-refractivity contribution in [1.29, 1.82) is 0 Å². The van der Waals surface area contributed by atoms with Crippen molar-refractivity contribution in [2.24, 2.45) is 0 Å². The molecule has 0 saturated heterocycles. The third kappa shape index (κ3) is 4.66. The van der Waals surface area contributed by atoms with Crippen molar-refractivity contribution in [3.05, 3.63) is 75.1 Å². The fourth-order valence-corrected chi connectivity index (χ4v) is 3.64. The quantitative estimate of drug-likeness (QED) is 0.600. The van der Waals surface area contributed by atoms with Crippen LogP contribution in [0.4, 0.5) is 14.5 Å². The van der Waals surface area contributed by atoms with Gasteiger partial charge in [-0.2, -0.15) is 18.6 Å². The zero-order valence-electron chi connectivity index (χ0n) is 14.2. The highest BCUT2D eigenvalue weighted by atomic mass is 35.5. The summed E-state index contributed by atoms with van der Waals surface area (Å²) >= 11 is 11.5. The van der Waals surface area contributed by atoms with Crippen LogP contribution in [0.2, 0.25) is 10.0 Å². The lowest BCUT2D eigenvalue weighted by molar-refractivity contribution is -0.0493. The number of alkyl halides is 2. The molecule has 3 aromatic rings. The Morgan fingerprint density at radius 1 is 1.07 bits per heavy atom. The fraction of sp³-hybridized carbons (Fsp3) is 0.0588. The predicted molar refractivity (Wildman–Crippen MR) is 104 cm³/mol. The lowest BCUT2D eigenvalue weighted by atomic mass is 10.3. The van der Waals surface area contributed by atoms with Crippen LogP contribution in [-0.4, -0.2) is 24.8 Å². The summed E-state index contributed by atoms with van der Waals surface area (Å²) in [7, 11) is -4.13. The molecular weight excluding hydrogens is 451 g/mol. The molecule has 12 heteroatoms. The zero-order valence-corrected chi connectivity index (χ0v) is 16.5. The average molecular weight is 462 g/mol. The number of hydrogen-bond donors (Lipinski definition) is 1. The van der Waals surface area contributed by atoms with E-state index in [-0.39, 0.29) is 32.1 Å². The topological polar surface area (TPSA) is 90.3 Å². The Bertz CT molecular complexity index is 1200. The van der Waals surface area contributed by atoms with Gasteiger partial charge < -0.3 is 4.74 Å². The van der Waals surface area contributed by atoms with Crippen LogP contribution in [-0.2, 0) is 10.0 Å². The SMILES string of the molecule is O=c1c(Cl)c(Cl)cnn1-c1ccc(S(=O)(=O)Nc2ccccc2OC(F)F)cc1. The van der Waals surface area contributed by atoms with E-state index in [2.05, 4.69) is 14.6 Å². The summed E-state index contributed by atoms with van der Waals surface area (Å²) in [6.07, 6.45) is 1.18. The third-order valence-corrected chi connectivity index (χ3v) is 5.75. The van der Waals surface area contributed by atoms with Gasteiger partial charge in [-0.05, 0) is 36.4 Å². The van der Waals surface area contributed by atoms with Crippen LogP contribution in [0.5, 0.6) is 5.75 Å². The van der Waals surface area contributed by atoms with E-state index < -0.39 is 22.2 Å². The van der Waals surface area contributed by atoms with Crippen molar-refractivity contribution in [3.8, 4) is 11.4 Å². The van der Waals surface area contributed by atoms with Crippen LogP contribution >= 0.6 is 23.2 Å². The van der Waals surface area contributed by atoms with Crippen molar-refractivity contribution in [2.45, 2.75) is 11.5 Å². The Morgan fingerprint density at radius 3 is 2.38 bits per heavy atom. The second-order valence-corrected chi connectivity index (χ2v) is 7.97. The summed E-state index contributed by atoms with van der Waals surface area (Å²) < 4.78 is 57.6. The molecule has 0 radical (unpaired) electrons. The monoisotopic (exact) mass is 461 g/mol. The normalized spacial score (nSPS) is 11.5. The molecule has 29 heavy (non-hydrogen) atoms. The van der Waals surface area contributed by atoms with Gasteiger partial charge in [0.2, 0.25) is 0 Å². The minimum Gasteiger partial charge on any atom is -0.433 e. The standard InChI is InChI=1S/C17H11Cl2F2N3O4S/c18-12-9-22-24(16(25)15(12)19)10-5-7-11(8-6-10)29(26,27)23-13-3-1-2-4-14(13)28-17(20)21/h1-9,17,23H. The number of benzene rings is 2. The Kier molecular flexibility index (Phi) is 6.06. The van der Waals surface area contributed by atoms with Crippen molar-refractivity contribution in [1.82, 2.24) is 9.78 Å². The first-order chi connectivity index (χ1) is 13.7. The molecule has 1 N–H and O–H groups in total. The highest BCUT2D eigenvalue weighted by Gasteiger charge is 2.18. The molecule has 0 fully saturated rings. The minimum absolute atomic E-state index is 0.0130. The Balaban J connectivity index is 1.90. The molecule has 0 amide bonds. The average Bonchev–Trinajstić information content (AvgIpc) is 2.67. The van der Waals surface area contributed by atoms with Crippen LogP contribution in [0, 0.1) is 0 Å². The Hall–Kier alpha value is -2.69. The molecule has 0 aliphatic carbocycles. The second kappa shape index (κ2) is 8.36. The minimum atomic E-state index is -4.13. The molecule has 0 aliphatic rings. The van der Waals surface area contributed by atoms with Gasteiger partial charge in [-0.25, -0.2) is 8.42 Å². The Morgan fingerprint density at radius 2 is 1.72 bits per heavy atom. The fourth-order valence-electron chi connectivity index (χ4n) is 2.32. The molecule has 2 aromatic carbocycles. The summed E-state index contributed by atoms with van der Waals surface area (Å²) in [5, 5.41) is 3.60. The molecule has 0 bridgehead atoms. The van der Waals surface area contributed by atoms with E-state index in [4.69, 9.17) is 23.2 Å². The highest BCUT2D eigenvalue weighted by Crippen LogP contribution is 2.28. The number of aromatic nitrogens is 2. The van der Waals surface area contributed by atoms with Crippen LogP contribution in [0.3, 0.4) is 0 Å². The van der Waals surface area contributed by atoms with Gasteiger partial charge in [-0.1, -0.05) is 35.3 Å². The smallest absolute Gasteiger partial charge is 0.387 e. The number of sulfonamides is 1. The third-order valence-electron chi connectivity index (χ3n) is 3.62. The van der Waals surface area contributed by atoms with Gasteiger partial charge in [-0.15, -0.1) is 0 Å². The number of hydrogen-bond acceptors (Lipinski definition) is 5. The molecule has 1 heterocycles. The number of rotatable bonds is 6. The molecule has 0 aliphatic heterocycles. The molecule has 0 spiro atoms. The maximum Gasteiger partial charge on any atom is 0.387 e. The molecule has 0 atom stereocenters. The van der Waals surface area contributed by atoms with Gasteiger partial charge in [0.15, 0.2) is 0 Å². The summed E-state index contributed by atoms with van der Waals surface area (Å²) in [5.41, 5.74) is -0.584. The van der Waals surface area contributed by atoms with Gasteiger partial charge >= 0.3 is 6.61 Å². The van der Waals surface area contributed by atoms with E-state index >= 15 is 0 Å². The lowest BCUT2D eigenvalue weighted by Crippen LogP contribution is -2.21. The van der Waals surface area contributed by atoms with Crippen LogP contribution in [0.1, 0.15) is 0 Å². The number of para-hydroxylation sites is 2. The van der Waals surface area contributed by atoms with Crippen molar-refractivity contribution < 1.29 is 21.9 Å². The number of ether oxygens (including phenoxy) is 1. The van der Waals surface area contributed by atoms with Gasteiger partial charge in [-0.3, -0.25) is 9.52 Å². The van der Waals surface area contributed by atoms with Crippen molar-refractivity contribution in [2.75, 3.05) is 4.72 Å². The summed E-state index contributed by atoms with van der Waals surface area (Å²) in [6, 6.07) is 10.4. The predicted octanol–water partition coefficient (Wildman–Crippen LogP) is 3.94. The van der Waals surface area contributed by atoms with E-state index in [9.17, 15) is 22.0 Å². The van der Waals surface area contributed by atoms with Gasteiger partial charge in [0.25, 0.3) is 15.6 Å². The zero-order chi connectivity index (χ0) is 21.2. The van der Waals surface area contributed by atoms with E-state index in [0.717, 1.165) is 4.68 Å². The maximum absolute atomic E-state index is 12.6. The first-order valence-corrected chi connectivity index (χ1v) is 10.0. The molecule has 1 aromatic heterocycles. The number of nitrogens with zero attached hydrogens (tertiary/aromatic N) is 2. The molecule has 0 unspecified atom stereocenters. The van der Waals surface area contributed by atoms with Crippen LogP contribution < -0.4 is 15.0 Å². The van der Waals surface area contributed by atoms with Gasteiger partial charge in [0, 0.05) is 0 Å². The van der Waals surface area contributed by atoms with E-state index in [0.29, 0.717) is 0 Å². The summed E-state index contributed by atoms with van der Waals surface area (Å²) in [6.45, 7) is -3.11. The molecule has 7 nitrogen and oxygen atoms in total. The summed E-state index contributed by atoms with van der Waals surface area (Å²) in [5.74, 6) is -0.325. The second-order valence-electron chi connectivity index (χ2n) is 5.50. The maximum atomic E-state index is 12.6. The highest BCUT2D eigenvalue weighted by molar-refractivity contribution is 7.92. The Labute approximate surface area is 173 Å². The van der Waals surface area contributed by atoms with Crippen molar-refractivity contribution in [3.63, 3.8) is 0 Å². The summed E-state index contributed by atoms with van der Waals surface area (Å²) in [4.78, 5) is 11.9. The molecule has 152 valence electrons. The number of nitrogens with one attached hydrogen (secondary N) is 1. The van der Waals surface area contributed by atoms with Gasteiger partial charge in [0.05, 0.1) is 27.5 Å². The van der Waals surface area contributed by atoms with E-state index in [1.165, 1.54) is 54.7 Å². The first-order valence-electron chi connectivity index (χ1n) is 7.79. The first kappa shape index (κ1) is 21.0. The number of halogens is 4. The number of anilines is 1. The molecule has 0 saturated carbocycles. The van der Waals surface area contributed by atoms with E-state index in [1.807, 2.05) is 0 Å². The van der Waals surface area contributed by atoms with Crippen molar-refractivity contribution >= 4 is 38.9 Å².